The molecule has 4 rings (SSSR count). The number of ether oxygens (including phenoxy) is 1. The van der Waals surface area contributed by atoms with Crippen LogP contribution in [-0.2, 0) is 0 Å². The molecule has 0 unspecified atom stereocenters. The van der Waals surface area contributed by atoms with Crippen molar-refractivity contribution in [1.29, 1.82) is 0 Å². The summed E-state index contributed by atoms with van der Waals surface area (Å²) in [6.07, 6.45) is 3.76. The molecule has 0 aliphatic rings. The first-order valence-corrected chi connectivity index (χ1v) is 9.80. The minimum absolute atomic E-state index is 0.0573. The molecule has 5 nitrogen and oxygen atoms in total. The quantitative estimate of drug-likeness (QED) is 0.475. The second-order valence-corrected chi connectivity index (χ2v) is 7.75. The Hall–Kier alpha value is -2.95. The van der Waals surface area contributed by atoms with E-state index in [9.17, 15) is 0 Å². The van der Waals surface area contributed by atoms with Crippen molar-refractivity contribution in [2.75, 3.05) is 7.11 Å². The topological polar surface area (TPSA) is 52.8 Å². The number of nitrogens with zero attached hydrogens (tertiary/aromatic N) is 4. The Balaban J connectivity index is 1.64. The third kappa shape index (κ3) is 3.52. The fourth-order valence-corrected chi connectivity index (χ4v) is 4.35. The molecule has 2 aromatic carbocycles. The summed E-state index contributed by atoms with van der Waals surface area (Å²) in [5.41, 5.74) is 2.85. The summed E-state index contributed by atoms with van der Waals surface area (Å²) in [5.74, 6) is 0.856. The molecule has 6 heteroatoms. The van der Waals surface area contributed by atoms with Gasteiger partial charge in [-0.25, -0.2) is 0 Å². The summed E-state index contributed by atoms with van der Waals surface area (Å²) in [5, 5.41) is 8.62. The first kappa shape index (κ1) is 16.5. The second-order valence-electron chi connectivity index (χ2n) is 5.52. The van der Waals surface area contributed by atoms with Crippen molar-refractivity contribution in [2.24, 2.45) is 0 Å². The third-order valence-electron chi connectivity index (χ3n) is 3.83. The van der Waals surface area contributed by atoms with E-state index in [-0.39, 0.29) is 15.0 Å². The molecule has 0 saturated heterocycles. The van der Waals surface area contributed by atoms with Gasteiger partial charge < -0.3 is 0 Å². The minimum atomic E-state index is 0.0573. The van der Waals surface area contributed by atoms with E-state index in [0.29, 0.717) is 0 Å². The number of benzene rings is 2. The van der Waals surface area contributed by atoms with Crippen molar-refractivity contribution in [3.63, 3.8) is 0 Å². The molecule has 0 spiro atoms. The van der Waals surface area contributed by atoms with Crippen molar-refractivity contribution in [3.8, 4) is 22.7 Å². The van der Waals surface area contributed by atoms with Gasteiger partial charge >= 0.3 is 158 Å². The summed E-state index contributed by atoms with van der Waals surface area (Å²) in [7, 11) is 1.67. The van der Waals surface area contributed by atoms with Crippen LogP contribution in [-0.4, -0.2) is 42.0 Å². The Bertz CT molecular complexity index is 1000. The fraction of sp³-hybridized carbons (Fsp3) is 0.0500. The zero-order valence-electron chi connectivity index (χ0n) is 14.1. The summed E-state index contributed by atoms with van der Waals surface area (Å²) >= 11 is 0.0573. The van der Waals surface area contributed by atoms with Crippen molar-refractivity contribution < 1.29 is 4.74 Å². The van der Waals surface area contributed by atoms with Gasteiger partial charge in [-0.15, -0.1) is 0 Å². The number of hydrogen-bond donors (Lipinski definition) is 0. The van der Waals surface area contributed by atoms with Crippen LogP contribution in [0.2, 0.25) is 0 Å². The molecule has 0 radical (unpaired) electrons. The molecular formula is C20H16N4OSe. The van der Waals surface area contributed by atoms with E-state index in [4.69, 9.17) is 4.74 Å². The predicted octanol–water partition coefficient (Wildman–Crippen LogP) is 1.99. The van der Waals surface area contributed by atoms with Gasteiger partial charge in [0.15, 0.2) is 0 Å². The Morgan fingerprint density at radius 2 is 1.73 bits per heavy atom. The van der Waals surface area contributed by atoms with Crippen LogP contribution in [0, 0.1) is 0 Å². The van der Waals surface area contributed by atoms with Crippen LogP contribution in [0.5, 0.6) is 5.75 Å². The van der Waals surface area contributed by atoms with Crippen molar-refractivity contribution in [2.45, 2.75) is 0 Å². The van der Waals surface area contributed by atoms with E-state index in [1.165, 1.54) is 4.46 Å². The number of methoxy groups -OCH3 is 1. The first-order valence-electron chi connectivity index (χ1n) is 8.08. The zero-order valence-corrected chi connectivity index (χ0v) is 15.8. The number of hydrogen-bond acceptors (Lipinski definition) is 4. The Morgan fingerprint density at radius 1 is 0.923 bits per heavy atom. The predicted molar refractivity (Wildman–Crippen MR) is 103 cm³/mol. The van der Waals surface area contributed by atoms with Crippen molar-refractivity contribution in [1.82, 2.24) is 20.0 Å². The van der Waals surface area contributed by atoms with Gasteiger partial charge in [0.2, 0.25) is 0 Å². The fourth-order valence-electron chi connectivity index (χ4n) is 2.51. The van der Waals surface area contributed by atoms with Gasteiger partial charge in [0.25, 0.3) is 0 Å². The molecule has 2 aromatic heterocycles. The van der Waals surface area contributed by atoms with Crippen molar-refractivity contribution in [3.05, 3.63) is 79.1 Å². The standard InChI is InChI=1S/C20H16N4OSe/c1-25-16-9-11-17(12-10-16)26-20-19(8-5-13-21-20)24-14-18(22-23-24)15-6-3-2-4-7-15/h2-14H,1H3. The monoisotopic (exact) mass is 408 g/mol. The Labute approximate surface area is 157 Å². The van der Waals surface area contributed by atoms with Gasteiger partial charge in [-0.2, -0.15) is 0 Å². The van der Waals surface area contributed by atoms with Gasteiger partial charge in [-0.05, 0) is 0 Å². The SMILES string of the molecule is COc1ccc([Se]c2ncccc2-n2cc(-c3ccccc3)nn2)cc1. The van der Waals surface area contributed by atoms with E-state index < -0.39 is 0 Å². The summed E-state index contributed by atoms with van der Waals surface area (Å²) in [6, 6.07) is 22.1. The molecule has 2 heterocycles. The van der Waals surface area contributed by atoms with Crippen LogP contribution in [0.25, 0.3) is 16.9 Å². The van der Waals surface area contributed by atoms with Crippen LogP contribution in [0.1, 0.15) is 0 Å². The first-order chi connectivity index (χ1) is 12.8. The molecule has 0 aliphatic carbocycles. The Morgan fingerprint density at radius 3 is 2.50 bits per heavy atom. The molecule has 0 aliphatic heterocycles. The van der Waals surface area contributed by atoms with Crippen LogP contribution in [0.4, 0.5) is 0 Å². The van der Waals surface area contributed by atoms with Crippen LogP contribution < -0.4 is 13.8 Å². The molecule has 0 fully saturated rings. The van der Waals surface area contributed by atoms with Gasteiger partial charge in [0, 0.05) is 0 Å². The van der Waals surface area contributed by atoms with Crippen LogP contribution in [0.15, 0.2) is 79.1 Å². The van der Waals surface area contributed by atoms with E-state index in [1.807, 2.05) is 67.0 Å². The molecule has 0 N–H and O–H groups in total. The van der Waals surface area contributed by atoms with Gasteiger partial charge in [-0.3, -0.25) is 0 Å². The molecule has 4 aromatic rings. The van der Waals surface area contributed by atoms with Crippen LogP contribution >= 0.6 is 0 Å². The molecule has 26 heavy (non-hydrogen) atoms. The van der Waals surface area contributed by atoms with E-state index in [1.54, 1.807) is 11.8 Å². The van der Waals surface area contributed by atoms with Crippen molar-refractivity contribution >= 4 is 24.0 Å². The third-order valence-corrected chi connectivity index (χ3v) is 5.97. The average Bonchev–Trinajstić information content (AvgIpc) is 3.20. The van der Waals surface area contributed by atoms with E-state index in [2.05, 4.69) is 27.4 Å². The van der Waals surface area contributed by atoms with Gasteiger partial charge in [-0.1, -0.05) is 0 Å². The molecule has 128 valence electrons. The molecular weight excluding hydrogens is 391 g/mol. The second kappa shape index (κ2) is 7.52. The van der Waals surface area contributed by atoms with Gasteiger partial charge in [0.1, 0.15) is 0 Å². The maximum atomic E-state index is 5.23. The van der Waals surface area contributed by atoms with E-state index >= 15 is 0 Å². The zero-order chi connectivity index (χ0) is 17.8. The Kier molecular flexibility index (Phi) is 4.77. The summed E-state index contributed by atoms with van der Waals surface area (Å²) in [4.78, 5) is 4.58. The molecule has 0 amide bonds. The molecule has 0 bridgehead atoms. The average molecular weight is 407 g/mol. The maximum absolute atomic E-state index is 5.23. The van der Waals surface area contributed by atoms with Gasteiger partial charge in [0.05, 0.1) is 0 Å². The summed E-state index contributed by atoms with van der Waals surface area (Å²) in [6.45, 7) is 0. The summed E-state index contributed by atoms with van der Waals surface area (Å²) < 4.78 is 9.26. The molecule has 0 atom stereocenters. The number of rotatable bonds is 5. The van der Waals surface area contributed by atoms with E-state index in [0.717, 1.165) is 27.3 Å². The molecule has 0 saturated carbocycles. The normalized spacial score (nSPS) is 10.7. The number of aromatic nitrogens is 4. The number of pyridine rings is 1. The van der Waals surface area contributed by atoms with Crippen LogP contribution in [0.3, 0.4) is 0 Å².